The molecular formula is C31H33NO3Si. The lowest BCUT2D eigenvalue weighted by Gasteiger charge is -2.46. The molecule has 3 aromatic carbocycles. The average molecular weight is 496 g/mol. The Bertz CT molecular complexity index is 1230. The third-order valence-electron chi connectivity index (χ3n) is 8.66. The molecule has 2 amide bonds. The van der Waals surface area contributed by atoms with Crippen LogP contribution in [0, 0.1) is 11.8 Å². The molecule has 3 aromatic rings. The molecule has 0 N–H and O–H groups in total. The van der Waals surface area contributed by atoms with Crippen LogP contribution in [0.3, 0.4) is 0 Å². The van der Waals surface area contributed by atoms with Crippen molar-refractivity contribution in [3.63, 3.8) is 0 Å². The van der Waals surface area contributed by atoms with E-state index in [1.54, 1.807) is 17.0 Å². The molecule has 1 aliphatic heterocycles. The number of hydrogen-bond donors (Lipinski definition) is 0. The first-order valence-electron chi connectivity index (χ1n) is 13.1. The van der Waals surface area contributed by atoms with E-state index >= 15 is 0 Å². The molecule has 2 saturated carbocycles. The zero-order valence-corrected chi connectivity index (χ0v) is 22.2. The maximum absolute atomic E-state index is 13.2. The molecule has 0 aromatic heterocycles. The Labute approximate surface area is 214 Å². The van der Waals surface area contributed by atoms with E-state index in [0.29, 0.717) is 23.0 Å². The second-order valence-electron chi connectivity index (χ2n) is 11.6. The molecule has 2 aliphatic carbocycles. The quantitative estimate of drug-likeness (QED) is 0.369. The van der Waals surface area contributed by atoms with E-state index in [2.05, 4.69) is 81.4 Å². The highest BCUT2D eigenvalue weighted by atomic mass is 28.4. The number of fused-ring (bicyclic) bond motifs is 3. The van der Waals surface area contributed by atoms with Crippen LogP contribution in [0.15, 0.2) is 84.9 Å². The summed E-state index contributed by atoms with van der Waals surface area (Å²) in [6, 6.07) is 28.8. The fourth-order valence-corrected chi connectivity index (χ4v) is 11.8. The third-order valence-corrected chi connectivity index (χ3v) is 13.7. The van der Waals surface area contributed by atoms with Crippen LogP contribution in [-0.2, 0) is 4.43 Å². The van der Waals surface area contributed by atoms with E-state index in [4.69, 9.17) is 4.43 Å². The molecule has 0 saturated heterocycles. The fourth-order valence-electron chi connectivity index (χ4n) is 7.08. The molecule has 6 rings (SSSR count). The predicted octanol–water partition coefficient (Wildman–Crippen LogP) is 5.03. The predicted molar refractivity (Wildman–Crippen MR) is 144 cm³/mol. The van der Waals surface area contributed by atoms with Crippen molar-refractivity contribution in [2.24, 2.45) is 11.8 Å². The zero-order valence-electron chi connectivity index (χ0n) is 21.2. The normalized spacial score (nSPS) is 25.5. The molecule has 2 bridgehead atoms. The highest BCUT2D eigenvalue weighted by molar-refractivity contribution is 6.99. The van der Waals surface area contributed by atoms with Crippen LogP contribution in [-0.4, -0.2) is 37.2 Å². The van der Waals surface area contributed by atoms with Gasteiger partial charge in [-0.15, -0.1) is 0 Å². The smallest absolute Gasteiger partial charge is 0.261 e. The monoisotopic (exact) mass is 495 g/mol. The highest BCUT2D eigenvalue weighted by Gasteiger charge is 2.57. The van der Waals surface area contributed by atoms with E-state index in [0.717, 1.165) is 19.3 Å². The van der Waals surface area contributed by atoms with Gasteiger partial charge in [-0.2, -0.15) is 0 Å². The minimum Gasteiger partial charge on any atom is -0.404 e. The second kappa shape index (κ2) is 8.53. The van der Waals surface area contributed by atoms with Crippen molar-refractivity contribution in [2.75, 3.05) is 0 Å². The Hall–Kier alpha value is -3.02. The first-order valence-corrected chi connectivity index (χ1v) is 15.0. The van der Waals surface area contributed by atoms with Crippen LogP contribution in [0.4, 0.5) is 0 Å². The van der Waals surface area contributed by atoms with Crippen LogP contribution in [0.5, 0.6) is 0 Å². The van der Waals surface area contributed by atoms with Gasteiger partial charge in [0.15, 0.2) is 0 Å². The highest BCUT2D eigenvalue weighted by Crippen LogP contribution is 2.51. The summed E-state index contributed by atoms with van der Waals surface area (Å²) in [5.41, 5.74) is 1.09. The minimum atomic E-state index is -2.63. The summed E-state index contributed by atoms with van der Waals surface area (Å²) in [5.74, 6) is 0.390. The summed E-state index contributed by atoms with van der Waals surface area (Å²) in [4.78, 5) is 27.9. The van der Waals surface area contributed by atoms with Gasteiger partial charge >= 0.3 is 0 Å². The zero-order chi connectivity index (χ0) is 25.1. The van der Waals surface area contributed by atoms with Crippen LogP contribution in [0.1, 0.15) is 60.7 Å². The molecule has 4 nitrogen and oxygen atoms in total. The SMILES string of the molecule is CC(C)(C)[Si](O[C@H]1C[C@H]2C[C@@H]1C[C@@H]2N1C(=O)c2ccccc2C1=O)(c1ccccc1)c1ccccc1. The third kappa shape index (κ3) is 3.44. The van der Waals surface area contributed by atoms with Gasteiger partial charge in [-0.25, -0.2) is 0 Å². The summed E-state index contributed by atoms with van der Waals surface area (Å²) >= 11 is 0. The van der Waals surface area contributed by atoms with Crippen molar-refractivity contribution < 1.29 is 14.0 Å². The Morgan fingerprint density at radius 2 is 1.19 bits per heavy atom. The van der Waals surface area contributed by atoms with E-state index in [1.165, 1.54) is 10.4 Å². The van der Waals surface area contributed by atoms with Gasteiger partial charge in [0.2, 0.25) is 0 Å². The lowest BCUT2D eigenvalue weighted by atomic mass is 9.92. The summed E-state index contributed by atoms with van der Waals surface area (Å²) in [7, 11) is -2.63. The van der Waals surface area contributed by atoms with Gasteiger partial charge < -0.3 is 4.43 Å². The van der Waals surface area contributed by atoms with E-state index in [-0.39, 0.29) is 29.0 Å². The molecule has 2 fully saturated rings. The molecular weight excluding hydrogens is 462 g/mol. The van der Waals surface area contributed by atoms with Gasteiger partial charge in [0.1, 0.15) is 0 Å². The van der Waals surface area contributed by atoms with Crippen LogP contribution in [0.2, 0.25) is 5.04 Å². The molecule has 5 heteroatoms. The standard InChI is InChI=1S/C31H33NO3Si/c1-31(2,3)36(23-12-6-4-7-13-23,24-14-8-5-9-15-24)35-28-20-21-18-22(28)19-27(21)32-29(33)25-16-10-11-17-26(25)30(32)34/h4-17,21-22,27-28H,18-20H2,1-3H3/t21-,22-,27+,28+/m1/s1. The van der Waals surface area contributed by atoms with Gasteiger partial charge in [-0.1, -0.05) is 93.6 Å². The lowest BCUT2D eigenvalue weighted by Crippen LogP contribution is -2.68. The molecule has 184 valence electrons. The van der Waals surface area contributed by atoms with Gasteiger partial charge in [0, 0.05) is 12.1 Å². The Balaban J connectivity index is 1.31. The average Bonchev–Trinajstić information content (AvgIpc) is 3.54. The summed E-state index contributed by atoms with van der Waals surface area (Å²) in [6.07, 6.45) is 2.88. The summed E-state index contributed by atoms with van der Waals surface area (Å²) < 4.78 is 7.45. The lowest BCUT2D eigenvalue weighted by molar-refractivity contribution is 0.0444. The number of carbonyl (C=O) groups excluding carboxylic acids is 2. The molecule has 3 aliphatic rings. The van der Waals surface area contributed by atoms with Gasteiger partial charge in [0.05, 0.1) is 11.1 Å². The summed E-state index contributed by atoms with van der Waals surface area (Å²) in [6.45, 7) is 6.94. The van der Waals surface area contributed by atoms with E-state index < -0.39 is 8.32 Å². The van der Waals surface area contributed by atoms with Gasteiger partial charge in [-0.05, 0) is 58.6 Å². The first kappa shape index (κ1) is 23.4. The van der Waals surface area contributed by atoms with Crippen molar-refractivity contribution in [3.8, 4) is 0 Å². The van der Waals surface area contributed by atoms with Crippen molar-refractivity contribution in [1.29, 1.82) is 0 Å². The number of amides is 2. The largest absolute Gasteiger partial charge is 0.404 e. The van der Waals surface area contributed by atoms with Crippen molar-refractivity contribution in [1.82, 2.24) is 4.90 Å². The molecule has 1 heterocycles. The van der Waals surface area contributed by atoms with Gasteiger partial charge in [-0.3, -0.25) is 14.5 Å². The minimum absolute atomic E-state index is 0.0265. The fraction of sp³-hybridized carbons (Fsp3) is 0.355. The molecule has 0 spiro atoms. The maximum Gasteiger partial charge on any atom is 0.261 e. The van der Waals surface area contributed by atoms with Gasteiger partial charge in [0.25, 0.3) is 20.1 Å². The first-order chi connectivity index (χ1) is 17.3. The van der Waals surface area contributed by atoms with Crippen molar-refractivity contribution >= 4 is 30.5 Å². The number of imide groups is 1. The number of hydrogen-bond acceptors (Lipinski definition) is 3. The molecule has 0 unspecified atom stereocenters. The van der Waals surface area contributed by atoms with Crippen LogP contribution < -0.4 is 10.4 Å². The topological polar surface area (TPSA) is 46.6 Å². The van der Waals surface area contributed by atoms with Crippen LogP contribution >= 0.6 is 0 Å². The number of benzene rings is 3. The number of rotatable bonds is 5. The maximum atomic E-state index is 13.2. The Morgan fingerprint density at radius 3 is 1.64 bits per heavy atom. The Morgan fingerprint density at radius 1 is 0.694 bits per heavy atom. The number of nitrogens with zero attached hydrogens (tertiary/aromatic N) is 1. The Kier molecular flexibility index (Phi) is 5.54. The van der Waals surface area contributed by atoms with E-state index in [9.17, 15) is 9.59 Å². The molecule has 36 heavy (non-hydrogen) atoms. The number of carbonyl (C=O) groups is 2. The molecule has 0 radical (unpaired) electrons. The van der Waals surface area contributed by atoms with E-state index in [1.807, 2.05) is 12.1 Å². The van der Waals surface area contributed by atoms with Crippen molar-refractivity contribution in [2.45, 2.75) is 57.2 Å². The van der Waals surface area contributed by atoms with Crippen LogP contribution in [0.25, 0.3) is 0 Å². The summed E-state index contributed by atoms with van der Waals surface area (Å²) in [5, 5.41) is 2.52. The molecule has 4 atom stereocenters. The van der Waals surface area contributed by atoms with Crippen molar-refractivity contribution in [3.05, 3.63) is 96.1 Å². The second-order valence-corrected chi connectivity index (χ2v) is 15.9.